The smallest absolute Gasteiger partial charge is 0.0675 e. The van der Waals surface area contributed by atoms with Crippen LogP contribution in [0.2, 0.25) is 0 Å². The van der Waals surface area contributed by atoms with Gasteiger partial charge in [0.05, 0.1) is 12.7 Å². The highest BCUT2D eigenvalue weighted by Gasteiger charge is 2.86. The lowest BCUT2D eigenvalue weighted by molar-refractivity contribution is 0.0754. The van der Waals surface area contributed by atoms with Gasteiger partial charge < -0.3 is 4.74 Å². The molecule has 0 aromatic carbocycles. The molecule has 0 N–H and O–H groups in total. The SMILES string of the molecule is C1=CC23C4COC2CCC32C1C2C4. The Balaban J connectivity index is 1.88. The largest absolute Gasteiger partial charge is 0.377 e. The molecule has 13 heavy (non-hydrogen) atoms. The van der Waals surface area contributed by atoms with Crippen LogP contribution >= 0.6 is 0 Å². The van der Waals surface area contributed by atoms with Gasteiger partial charge in [-0.2, -0.15) is 0 Å². The standard InChI is InChI=1S/C12H14O/c1-3-11-7-5-9-8(1)12(9,11)4-2-10(11)13-6-7/h1,3,7-10H,2,4-6H2. The molecule has 3 saturated carbocycles. The summed E-state index contributed by atoms with van der Waals surface area (Å²) in [5.74, 6) is 2.96. The van der Waals surface area contributed by atoms with Crippen molar-refractivity contribution in [2.75, 3.05) is 6.61 Å². The van der Waals surface area contributed by atoms with E-state index in [2.05, 4.69) is 12.2 Å². The molecule has 4 aliphatic carbocycles. The number of ether oxygens (including phenoxy) is 1. The second-order valence-electron chi connectivity index (χ2n) is 5.76. The summed E-state index contributed by atoms with van der Waals surface area (Å²) in [4.78, 5) is 0. The highest BCUT2D eigenvalue weighted by atomic mass is 16.5. The minimum atomic E-state index is 0.558. The lowest BCUT2D eigenvalue weighted by Gasteiger charge is -2.30. The van der Waals surface area contributed by atoms with Crippen molar-refractivity contribution >= 4 is 0 Å². The van der Waals surface area contributed by atoms with E-state index in [4.69, 9.17) is 4.74 Å². The van der Waals surface area contributed by atoms with Crippen molar-refractivity contribution in [2.45, 2.75) is 25.4 Å². The van der Waals surface area contributed by atoms with Crippen molar-refractivity contribution in [3.8, 4) is 0 Å². The van der Waals surface area contributed by atoms with E-state index < -0.39 is 0 Å². The predicted octanol–water partition coefficient (Wildman–Crippen LogP) is 1.99. The van der Waals surface area contributed by atoms with Gasteiger partial charge in [0.25, 0.3) is 0 Å². The quantitative estimate of drug-likeness (QED) is 0.510. The fourth-order valence-corrected chi connectivity index (χ4v) is 5.77. The summed E-state index contributed by atoms with van der Waals surface area (Å²) < 4.78 is 5.97. The Morgan fingerprint density at radius 3 is 3.38 bits per heavy atom. The minimum absolute atomic E-state index is 0.558. The van der Waals surface area contributed by atoms with Crippen LogP contribution in [0.15, 0.2) is 12.2 Å². The zero-order chi connectivity index (χ0) is 8.26. The average molecular weight is 174 g/mol. The molecular weight excluding hydrogens is 160 g/mol. The van der Waals surface area contributed by atoms with Crippen LogP contribution in [0, 0.1) is 28.6 Å². The van der Waals surface area contributed by atoms with Crippen LogP contribution in [0.25, 0.3) is 0 Å². The first-order valence-electron chi connectivity index (χ1n) is 5.70. The summed E-state index contributed by atoms with van der Waals surface area (Å²) in [7, 11) is 0. The molecule has 1 nitrogen and oxygen atoms in total. The van der Waals surface area contributed by atoms with Crippen LogP contribution in [0.4, 0.5) is 0 Å². The lowest BCUT2D eigenvalue weighted by Crippen LogP contribution is -2.32. The molecule has 5 aliphatic rings. The van der Waals surface area contributed by atoms with Gasteiger partial charge in [-0.15, -0.1) is 0 Å². The molecule has 5 rings (SSSR count). The van der Waals surface area contributed by atoms with Crippen LogP contribution in [-0.2, 0) is 4.74 Å². The third-order valence-corrected chi connectivity index (χ3v) is 6.03. The van der Waals surface area contributed by atoms with E-state index in [1.54, 1.807) is 0 Å². The third kappa shape index (κ3) is 0.355. The van der Waals surface area contributed by atoms with Crippen molar-refractivity contribution in [1.82, 2.24) is 0 Å². The van der Waals surface area contributed by atoms with Gasteiger partial charge in [-0.25, -0.2) is 0 Å². The van der Waals surface area contributed by atoms with E-state index in [0.29, 0.717) is 11.5 Å². The van der Waals surface area contributed by atoms with Gasteiger partial charge in [0, 0.05) is 5.41 Å². The van der Waals surface area contributed by atoms with Crippen molar-refractivity contribution < 1.29 is 4.74 Å². The molecule has 4 fully saturated rings. The van der Waals surface area contributed by atoms with Crippen molar-refractivity contribution in [2.24, 2.45) is 28.6 Å². The van der Waals surface area contributed by atoms with Gasteiger partial charge in [0.15, 0.2) is 0 Å². The molecule has 0 radical (unpaired) electrons. The third-order valence-electron chi connectivity index (χ3n) is 6.03. The van der Waals surface area contributed by atoms with E-state index >= 15 is 0 Å². The number of hydrogen-bond donors (Lipinski definition) is 0. The summed E-state index contributed by atoms with van der Waals surface area (Å²) in [5.41, 5.74) is 1.31. The molecule has 0 amide bonds. The predicted molar refractivity (Wildman–Crippen MR) is 48.1 cm³/mol. The first-order valence-corrected chi connectivity index (χ1v) is 5.70. The van der Waals surface area contributed by atoms with E-state index in [9.17, 15) is 0 Å². The van der Waals surface area contributed by atoms with Gasteiger partial charge in [0.2, 0.25) is 0 Å². The molecule has 0 bridgehead atoms. The van der Waals surface area contributed by atoms with E-state index in [1.807, 2.05) is 0 Å². The second kappa shape index (κ2) is 1.42. The average Bonchev–Trinajstić information content (AvgIpc) is 2.54. The zero-order valence-corrected chi connectivity index (χ0v) is 7.70. The fraction of sp³-hybridized carbons (Fsp3) is 0.833. The first-order chi connectivity index (χ1) is 6.39. The zero-order valence-electron chi connectivity index (χ0n) is 7.70. The molecule has 0 aromatic heterocycles. The van der Waals surface area contributed by atoms with E-state index in [1.165, 1.54) is 19.3 Å². The second-order valence-corrected chi connectivity index (χ2v) is 5.76. The molecule has 1 aliphatic heterocycles. The van der Waals surface area contributed by atoms with Crippen molar-refractivity contribution in [3.63, 3.8) is 0 Å². The highest BCUT2D eigenvalue weighted by Crippen LogP contribution is 2.88. The summed E-state index contributed by atoms with van der Waals surface area (Å²) in [6.07, 6.45) is 10.0. The molecule has 68 valence electrons. The number of allylic oxidation sites excluding steroid dienone is 1. The van der Waals surface area contributed by atoms with Gasteiger partial charge in [-0.3, -0.25) is 0 Å². The normalized spacial score (nSPS) is 74.5. The molecule has 0 aromatic rings. The Morgan fingerprint density at radius 2 is 2.38 bits per heavy atom. The fourth-order valence-electron chi connectivity index (χ4n) is 5.77. The Kier molecular flexibility index (Phi) is 0.682. The summed E-state index contributed by atoms with van der Waals surface area (Å²) in [6, 6.07) is 0. The molecule has 6 unspecified atom stereocenters. The molecule has 1 saturated heterocycles. The number of hydrogen-bond acceptors (Lipinski definition) is 1. The monoisotopic (exact) mass is 174 g/mol. The number of fused-ring (bicyclic) bond motifs is 1. The van der Waals surface area contributed by atoms with E-state index in [-0.39, 0.29) is 0 Å². The summed E-state index contributed by atoms with van der Waals surface area (Å²) >= 11 is 0. The Labute approximate surface area is 78.1 Å². The molecule has 1 heteroatoms. The van der Waals surface area contributed by atoms with Gasteiger partial charge in [0.1, 0.15) is 0 Å². The Bertz CT molecular complexity index is 339. The van der Waals surface area contributed by atoms with Crippen LogP contribution < -0.4 is 0 Å². The maximum atomic E-state index is 5.97. The highest BCUT2D eigenvalue weighted by molar-refractivity contribution is 5.44. The van der Waals surface area contributed by atoms with Gasteiger partial charge in [-0.1, -0.05) is 12.2 Å². The minimum Gasteiger partial charge on any atom is -0.377 e. The molecular formula is C12H14O. The Hall–Kier alpha value is -0.300. The van der Waals surface area contributed by atoms with Crippen molar-refractivity contribution in [1.29, 1.82) is 0 Å². The Morgan fingerprint density at radius 1 is 1.38 bits per heavy atom. The summed E-state index contributed by atoms with van der Waals surface area (Å²) in [6.45, 7) is 1.07. The van der Waals surface area contributed by atoms with E-state index in [0.717, 1.165) is 29.8 Å². The molecule has 6 atom stereocenters. The van der Waals surface area contributed by atoms with Gasteiger partial charge in [-0.05, 0) is 42.4 Å². The topological polar surface area (TPSA) is 9.23 Å². The van der Waals surface area contributed by atoms with Crippen LogP contribution in [0.5, 0.6) is 0 Å². The maximum absolute atomic E-state index is 5.97. The molecule has 2 spiro atoms. The van der Waals surface area contributed by atoms with Crippen LogP contribution in [0.3, 0.4) is 0 Å². The lowest BCUT2D eigenvalue weighted by atomic mass is 9.71. The summed E-state index contributed by atoms with van der Waals surface area (Å²) in [5, 5.41) is 0. The molecule has 1 heterocycles. The van der Waals surface area contributed by atoms with Crippen LogP contribution in [0.1, 0.15) is 19.3 Å². The van der Waals surface area contributed by atoms with Crippen molar-refractivity contribution in [3.05, 3.63) is 12.2 Å². The van der Waals surface area contributed by atoms with Gasteiger partial charge >= 0.3 is 0 Å². The van der Waals surface area contributed by atoms with Crippen LogP contribution in [-0.4, -0.2) is 12.7 Å². The maximum Gasteiger partial charge on any atom is 0.0675 e. The first kappa shape index (κ1) is 6.23. The number of rotatable bonds is 0.